The summed E-state index contributed by atoms with van der Waals surface area (Å²) in [5, 5.41) is 6.75. The van der Waals surface area contributed by atoms with Crippen LogP contribution in [0.1, 0.15) is 57.7 Å². The molecule has 3 rings (SSSR count). The van der Waals surface area contributed by atoms with Gasteiger partial charge in [-0.2, -0.15) is 4.98 Å². The van der Waals surface area contributed by atoms with Gasteiger partial charge in [0.25, 0.3) is 0 Å². The molecule has 1 atom stereocenters. The molecule has 0 aromatic carbocycles. The Labute approximate surface area is 137 Å². The molecule has 1 N–H and O–H groups in total. The van der Waals surface area contributed by atoms with Crippen molar-refractivity contribution in [3.8, 4) is 0 Å². The molecule has 2 aliphatic heterocycles. The Morgan fingerprint density at radius 3 is 2.83 bits per heavy atom. The van der Waals surface area contributed by atoms with Gasteiger partial charge >= 0.3 is 6.03 Å². The molecule has 128 valence electrons. The second kappa shape index (κ2) is 6.86. The van der Waals surface area contributed by atoms with Gasteiger partial charge in [-0.15, -0.1) is 0 Å². The van der Waals surface area contributed by atoms with Crippen molar-refractivity contribution in [3.05, 3.63) is 11.7 Å². The number of aromatic nitrogens is 2. The van der Waals surface area contributed by atoms with Gasteiger partial charge in [-0.1, -0.05) is 25.4 Å². The number of rotatable bonds is 4. The standard InChI is InChI=1S/C16H27N5O2/c1-11(2)15-18-14(19-23-15)8-17-16(22)20-9-13(10-20)21-7-5-4-6-12(21)3/h11-13H,4-10H2,1-3H3,(H,17,22)/t12-/m0/s1. The number of urea groups is 1. The molecule has 2 aliphatic rings. The quantitative estimate of drug-likeness (QED) is 0.917. The van der Waals surface area contributed by atoms with E-state index in [4.69, 9.17) is 4.52 Å². The zero-order chi connectivity index (χ0) is 16.4. The van der Waals surface area contributed by atoms with Crippen LogP contribution in [0.25, 0.3) is 0 Å². The van der Waals surface area contributed by atoms with E-state index in [-0.39, 0.29) is 11.9 Å². The summed E-state index contributed by atoms with van der Waals surface area (Å²) in [4.78, 5) is 20.8. The lowest BCUT2D eigenvalue weighted by Gasteiger charge is -2.49. The van der Waals surface area contributed by atoms with E-state index in [0.717, 1.165) is 13.1 Å². The van der Waals surface area contributed by atoms with Gasteiger partial charge in [-0.05, 0) is 26.3 Å². The summed E-state index contributed by atoms with van der Waals surface area (Å²) in [6, 6.07) is 1.13. The lowest BCUT2D eigenvalue weighted by molar-refractivity contribution is 0.0168. The Morgan fingerprint density at radius 2 is 2.17 bits per heavy atom. The molecule has 7 nitrogen and oxygen atoms in total. The molecule has 2 fully saturated rings. The molecule has 0 bridgehead atoms. The Morgan fingerprint density at radius 1 is 1.39 bits per heavy atom. The minimum absolute atomic E-state index is 0.0400. The first-order chi connectivity index (χ1) is 11.0. The van der Waals surface area contributed by atoms with Crippen molar-refractivity contribution in [1.29, 1.82) is 0 Å². The first-order valence-corrected chi connectivity index (χ1v) is 8.65. The van der Waals surface area contributed by atoms with Crippen molar-refractivity contribution in [2.75, 3.05) is 19.6 Å². The Hall–Kier alpha value is -1.63. The minimum atomic E-state index is -0.0400. The van der Waals surface area contributed by atoms with Crippen LogP contribution in [-0.4, -0.2) is 57.7 Å². The fourth-order valence-electron chi connectivity index (χ4n) is 3.33. The fourth-order valence-corrected chi connectivity index (χ4v) is 3.33. The normalized spacial score (nSPS) is 23.1. The van der Waals surface area contributed by atoms with Crippen molar-refractivity contribution in [2.24, 2.45) is 0 Å². The van der Waals surface area contributed by atoms with Gasteiger partial charge in [0.15, 0.2) is 5.82 Å². The van der Waals surface area contributed by atoms with E-state index >= 15 is 0 Å². The summed E-state index contributed by atoms with van der Waals surface area (Å²) >= 11 is 0. The van der Waals surface area contributed by atoms with Crippen LogP contribution in [-0.2, 0) is 6.54 Å². The number of carbonyl (C=O) groups is 1. The molecule has 1 aromatic heterocycles. The molecule has 0 saturated carbocycles. The van der Waals surface area contributed by atoms with Gasteiger partial charge in [0.1, 0.15) is 0 Å². The minimum Gasteiger partial charge on any atom is -0.339 e. The lowest BCUT2D eigenvalue weighted by atomic mass is 9.98. The predicted octanol–water partition coefficient (Wildman–Crippen LogP) is 1.96. The van der Waals surface area contributed by atoms with Crippen molar-refractivity contribution in [1.82, 2.24) is 25.3 Å². The summed E-state index contributed by atoms with van der Waals surface area (Å²) in [5.41, 5.74) is 0. The average molecular weight is 321 g/mol. The average Bonchev–Trinajstić information content (AvgIpc) is 2.95. The Kier molecular flexibility index (Phi) is 4.84. The Balaban J connectivity index is 1.42. The highest BCUT2D eigenvalue weighted by molar-refractivity contribution is 5.75. The molecule has 0 spiro atoms. The van der Waals surface area contributed by atoms with Gasteiger partial charge in [0.05, 0.1) is 6.54 Å². The molecule has 0 aliphatic carbocycles. The molecule has 2 saturated heterocycles. The zero-order valence-electron chi connectivity index (χ0n) is 14.3. The number of nitrogens with zero attached hydrogens (tertiary/aromatic N) is 4. The van der Waals surface area contributed by atoms with Crippen LogP contribution in [0.3, 0.4) is 0 Å². The number of hydrogen-bond acceptors (Lipinski definition) is 5. The largest absolute Gasteiger partial charge is 0.339 e. The van der Waals surface area contributed by atoms with Gasteiger partial charge in [0.2, 0.25) is 5.89 Å². The van der Waals surface area contributed by atoms with Crippen LogP contribution < -0.4 is 5.32 Å². The third kappa shape index (κ3) is 3.65. The van der Waals surface area contributed by atoms with Crippen LogP contribution in [0, 0.1) is 0 Å². The van der Waals surface area contributed by atoms with Crippen molar-refractivity contribution < 1.29 is 9.32 Å². The van der Waals surface area contributed by atoms with E-state index in [1.807, 2.05) is 18.7 Å². The predicted molar refractivity (Wildman–Crippen MR) is 86.0 cm³/mol. The van der Waals surface area contributed by atoms with E-state index in [2.05, 4.69) is 27.3 Å². The summed E-state index contributed by atoms with van der Waals surface area (Å²) in [7, 11) is 0. The van der Waals surface area contributed by atoms with Crippen molar-refractivity contribution in [3.63, 3.8) is 0 Å². The zero-order valence-corrected chi connectivity index (χ0v) is 14.3. The maximum absolute atomic E-state index is 12.2. The number of nitrogens with one attached hydrogen (secondary N) is 1. The highest BCUT2D eigenvalue weighted by Crippen LogP contribution is 2.24. The van der Waals surface area contributed by atoms with Crippen LogP contribution in [0.4, 0.5) is 4.79 Å². The number of carbonyl (C=O) groups excluding carboxylic acids is 1. The van der Waals surface area contributed by atoms with Gasteiger partial charge in [-0.3, -0.25) is 4.90 Å². The molecule has 3 heterocycles. The van der Waals surface area contributed by atoms with E-state index in [0.29, 0.717) is 30.3 Å². The van der Waals surface area contributed by atoms with E-state index < -0.39 is 0 Å². The highest BCUT2D eigenvalue weighted by atomic mass is 16.5. The Bertz CT molecular complexity index is 538. The number of amides is 2. The maximum atomic E-state index is 12.2. The van der Waals surface area contributed by atoms with E-state index in [1.54, 1.807) is 0 Å². The highest BCUT2D eigenvalue weighted by Gasteiger charge is 2.37. The molecule has 1 aromatic rings. The second-order valence-electron chi connectivity index (χ2n) is 7.00. The van der Waals surface area contributed by atoms with Crippen LogP contribution >= 0.6 is 0 Å². The molecular weight excluding hydrogens is 294 g/mol. The van der Waals surface area contributed by atoms with Crippen molar-refractivity contribution >= 4 is 6.03 Å². The summed E-state index contributed by atoms with van der Waals surface area (Å²) in [6.45, 7) is 9.41. The number of piperidine rings is 1. The van der Waals surface area contributed by atoms with Crippen LogP contribution in [0.2, 0.25) is 0 Å². The fraction of sp³-hybridized carbons (Fsp3) is 0.812. The van der Waals surface area contributed by atoms with Crippen LogP contribution in [0.15, 0.2) is 4.52 Å². The third-order valence-electron chi connectivity index (χ3n) is 4.85. The van der Waals surface area contributed by atoms with E-state index in [1.165, 1.54) is 25.8 Å². The maximum Gasteiger partial charge on any atom is 0.317 e. The van der Waals surface area contributed by atoms with Crippen LogP contribution in [0.5, 0.6) is 0 Å². The molecule has 23 heavy (non-hydrogen) atoms. The molecule has 0 unspecified atom stereocenters. The first-order valence-electron chi connectivity index (χ1n) is 8.65. The molecule has 2 amide bonds. The van der Waals surface area contributed by atoms with Gasteiger partial charge < -0.3 is 14.7 Å². The molecule has 0 radical (unpaired) electrons. The topological polar surface area (TPSA) is 74.5 Å². The molecule has 7 heteroatoms. The summed E-state index contributed by atoms with van der Waals surface area (Å²) in [6.07, 6.45) is 3.89. The smallest absolute Gasteiger partial charge is 0.317 e. The van der Waals surface area contributed by atoms with Gasteiger partial charge in [-0.25, -0.2) is 4.79 Å². The molecular formula is C16H27N5O2. The number of hydrogen-bond donors (Lipinski definition) is 1. The third-order valence-corrected chi connectivity index (χ3v) is 4.85. The lowest BCUT2D eigenvalue weighted by Crippen LogP contribution is -2.64. The summed E-state index contributed by atoms with van der Waals surface area (Å²) in [5.74, 6) is 1.34. The van der Waals surface area contributed by atoms with Gasteiger partial charge in [0, 0.05) is 31.1 Å². The van der Waals surface area contributed by atoms with Crippen molar-refractivity contribution in [2.45, 2.75) is 64.6 Å². The van der Waals surface area contributed by atoms with E-state index in [9.17, 15) is 4.79 Å². The second-order valence-corrected chi connectivity index (χ2v) is 7.00. The number of likely N-dealkylation sites (tertiary alicyclic amines) is 2. The summed E-state index contributed by atoms with van der Waals surface area (Å²) < 4.78 is 5.13. The first kappa shape index (κ1) is 16.2. The monoisotopic (exact) mass is 321 g/mol. The SMILES string of the molecule is CC(C)c1nc(CNC(=O)N2CC(N3CCCC[C@@H]3C)C2)no1.